The number of fused-ring (bicyclic) bond motifs is 6. The highest BCUT2D eigenvalue weighted by molar-refractivity contribution is 6.22. The van der Waals surface area contributed by atoms with Crippen molar-refractivity contribution in [1.29, 1.82) is 0 Å². The minimum absolute atomic E-state index is 0.196. The second-order valence-corrected chi connectivity index (χ2v) is 19.6. The van der Waals surface area contributed by atoms with Gasteiger partial charge in [0.15, 0.2) is 0 Å². The van der Waals surface area contributed by atoms with Gasteiger partial charge in [-0.05, 0) is 132 Å². The van der Waals surface area contributed by atoms with E-state index in [0.717, 1.165) is 40.2 Å². The first-order valence-corrected chi connectivity index (χ1v) is 25.7. The zero-order valence-electron chi connectivity index (χ0n) is 40.6. The summed E-state index contributed by atoms with van der Waals surface area (Å²) in [6, 6.07) is 78.2. The molecule has 0 saturated carbocycles. The van der Waals surface area contributed by atoms with Crippen molar-refractivity contribution in [3.8, 4) is 39.3 Å². The van der Waals surface area contributed by atoms with Crippen molar-refractivity contribution >= 4 is 66.0 Å². The van der Waals surface area contributed by atoms with Crippen LogP contribution in [0.2, 0.25) is 0 Å². The smallest absolute Gasteiger partial charge is 0.145 e. The molecule has 0 radical (unpaired) electrons. The van der Waals surface area contributed by atoms with Gasteiger partial charge in [-0.25, -0.2) is 4.98 Å². The van der Waals surface area contributed by atoms with Gasteiger partial charge < -0.3 is 4.90 Å². The molecule has 0 fully saturated rings. The summed E-state index contributed by atoms with van der Waals surface area (Å²) in [4.78, 5) is 7.73. The molecule has 14 rings (SSSR count). The molecular weight excluding hydrogens is 883 g/mol. The number of hydrogen-bond donors (Lipinski definition) is 0. The highest BCUT2D eigenvalue weighted by Gasteiger charge is 2.30. The van der Waals surface area contributed by atoms with Crippen molar-refractivity contribution in [1.82, 2.24) is 9.55 Å². The number of imidazole rings is 1. The Balaban J connectivity index is 1.01. The molecule has 73 heavy (non-hydrogen) atoms. The van der Waals surface area contributed by atoms with Crippen LogP contribution in [0, 0.1) is 11.8 Å². The van der Waals surface area contributed by atoms with Gasteiger partial charge in [0, 0.05) is 46.1 Å². The molecule has 3 atom stereocenters. The summed E-state index contributed by atoms with van der Waals surface area (Å²) in [5, 5.41) is 7.37. The quantitative estimate of drug-likeness (QED) is 0.142. The molecule has 1 aliphatic heterocycles. The average molecular weight is 934 g/mol. The van der Waals surface area contributed by atoms with E-state index in [1.807, 2.05) is 0 Å². The van der Waals surface area contributed by atoms with Gasteiger partial charge in [0.2, 0.25) is 0 Å². The van der Waals surface area contributed by atoms with Crippen LogP contribution in [-0.4, -0.2) is 9.55 Å². The largest absolute Gasteiger partial charge is 0.310 e. The summed E-state index contributed by atoms with van der Waals surface area (Å²) < 4.78 is 2.35. The van der Waals surface area contributed by atoms with E-state index >= 15 is 0 Å². The third kappa shape index (κ3) is 7.14. The van der Waals surface area contributed by atoms with Crippen molar-refractivity contribution in [2.24, 2.45) is 11.8 Å². The van der Waals surface area contributed by atoms with Gasteiger partial charge in [-0.15, -0.1) is 0 Å². The fraction of sp³-hybridized carbons (Fsp3) is 0.0714. The molecule has 346 valence electrons. The molecule has 1 aromatic heterocycles. The normalized spacial score (nSPS) is 17.0. The van der Waals surface area contributed by atoms with E-state index in [0.29, 0.717) is 5.92 Å². The lowest BCUT2D eigenvalue weighted by Gasteiger charge is -2.36. The maximum atomic E-state index is 5.28. The van der Waals surface area contributed by atoms with Crippen molar-refractivity contribution in [3.63, 3.8) is 0 Å². The van der Waals surface area contributed by atoms with Crippen LogP contribution in [0.4, 0.5) is 11.4 Å². The second-order valence-electron chi connectivity index (χ2n) is 19.6. The average Bonchev–Trinajstić information content (AvgIpc) is 3.87. The van der Waals surface area contributed by atoms with Gasteiger partial charge in [-0.2, -0.15) is 0 Å². The number of nitrogens with zero attached hydrogens (tertiary/aromatic N) is 3. The first-order valence-electron chi connectivity index (χ1n) is 25.7. The minimum Gasteiger partial charge on any atom is -0.310 e. The molecule has 0 saturated heterocycles. The van der Waals surface area contributed by atoms with Crippen LogP contribution < -0.4 is 4.90 Å². The van der Waals surface area contributed by atoms with Crippen LogP contribution in [0.15, 0.2) is 261 Å². The van der Waals surface area contributed by atoms with Gasteiger partial charge in [-0.1, -0.05) is 219 Å². The van der Waals surface area contributed by atoms with Gasteiger partial charge >= 0.3 is 0 Å². The zero-order chi connectivity index (χ0) is 48.4. The molecule has 2 heterocycles. The molecule has 3 nitrogen and oxygen atoms in total. The number of para-hydroxylation sites is 3. The van der Waals surface area contributed by atoms with Gasteiger partial charge in [0.25, 0.3) is 0 Å². The van der Waals surface area contributed by atoms with E-state index in [9.17, 15) is 0 Å². The minimum atomic E-state index is 0.196. The van der Waals surface area contributed by atoms with Crippen LogP contribution in [0.3, 0.4) is 0 Å². The first kappa shape index (κ1) is 42.8. The first-order chi connectivity index (χ1) is 36.2. The summed E-state index contributed by atoms with van der Waals surface area (Å²) >= 11 is 0. The van der Waals surface area contributed by atoms with Gasteiger partial charge in [0.1, 0.15) is 5.82 Å². The van der Waals surface area contributed by atoms with Crippen LogP contribution in [0.25, 0.3) is 93.9 Å². The summed E-state index contributed by atoms with van der Waals surface area (Å²) in [6.07, 6.45) is 19.7. The lowest BCUT2D eigenvalue weighted by Crippen LogP contribution is -2.22. The maximum absolute atomic E-state index is 5.28. The predicted molar refractivity (Wildman–Crippen MR) is 308 cm³/mol. The van der Waals surface area contributed by atoms with Crippen LogP contribution in [0.1, 0.15) is 36.0 Å². The molecule has 3 heteroatoms. The Kier molecular flexibility index (Phi) is 10.4. The zero-order valence-corrected chi connectivity index (χ0v) is 40.6. The summed E-state index contributed by atoms with van der Waals surface area (Å²) in [5.41, 5.74) is 17.8. The van der Waals surface area contributed by atoms with Gasteiger partial charge in [0.05, 0.1) is 11.0 Å². The van der Waals surface area contributed by atoms with E-state index in [1.54, 1.807) is 0 Å². The molecule has 3 unspecified atom stereocenters. The van der Waals surface area contributed by atoms with Crippen molar-refractivity contribution in [2.45, 2.75) is 19.3 Å². The summed E-state index contributed by atoms with van der Waals surface area (Å²) in [6.45, 7) is 2.29. The number of hydrogen-bond acceptors (Lipinski definition) is 2. The molecule has 0 N–H and O–H groups in total. The Labute approximate surface area is 426 Å². The third-order valence-corrected chi connectivity index (χ3v) is 15.6. The van der Waals surface area contributed by atoms with Crippen molar-refractivity contribution in [2.75, 3.05) is 4.90 Å². The number of benzene rings is 10. The van der Waals surface area contributed by atoms with E-state index in [1.165, 1.54) is 88.2 Å². The Morgan fingerprint density at radius 1 is 0.479 bits per heavy atom. The lowest BCUT2D eigenvalue weighted by molar-refractivity contribution is 0.679. The highest BCUT2D eigenvalue weighted by Crippen LogP contribution is 2.50. The highest BCUT2D eigenvalue weighted by atomic mass is 15.2. The van der Waals surface area contributed by atoms with E-state index in [4.69, 9.17) is 4.98 Å². The van der Waals surface area contributed by atoms with Crippen molar-refractivity contribution < 1.29 is 0 Å². The third-order valence-electron chi connectivity index (χ3n) is 15.6. The van der Waals surface area contributed by atoms with E-state index < -0.39 is 0 Å². The fourth-order valence-electron chi connectivity index (χ4n) is 12.2. The molecule has 2 aliphatic carbocycles. The molecular formula is C70H51N3. The molecule has 3 aliphatic rings. The number of rotatable bonds is 8. The molecule has 0 spiro atoms. The standard InChI is InChI=1S/C70H51N3/c1-2-46-44-67(50-21-5-3-6-22-50)72(65-33-15-13-29-57(46)65)53-38-35-47(36-39-53)52-37-41-60-62(43-52)68(58-30-17-25-48-19-9-11-27-55(48)58)61-42-40-54(45-63(61)69(60)59-31-18-26-49-20-10-12-28-56(49)59)73-66-34-16-14-32-64(66)71-70(73)51-23-7-4-8-24-51/h3-46,48,55H,2H2,1H3. The van der Waals surface area contributed by atoms with Crippen LogP contribution >= 0.6 is 0 Å². The Bertz CT molecular complexity index is 4120. The monoisotopic (exact) mass is 933 g/mol. The second kappa shape index (κ2) is 17.7. The molecule has 0 bridgehead atoms. The van der Waals surface area contributed by atoms with Gasteiger partial charge in [-0.3, -0.25) is 4.57 Å². The van der Waals surface area contributed by atoms with E-state index in [2.05, 4.69) is 277 Å². The predicted octanol–water partition coefficient (Wildman–Crippen LogP) is 18.5. The molecule has 11 aromatic rings. The Hall–Kier alpha value is -9.05. The Morgan fingerprint density at radius 3 is 2.01 bits per heavy atom. The number of allylic oxidation sites excluding steroid dienone is 9. The maximum Gasteiger partial charge on any atom is 0.145 e. The summed E-state index contributed by atoms with van der Waals surface area (Å²) in [7, 11) is 0. The number of anilines is 2. The van der Waals surface area contributed by atoms with E-state index in [-0.39, 0.29) is 11.8 Å². The SMILES string of the molecule is CCC1C=C(c2ccccc2)N(c2ccc(-c3ccc4c(-c5cccc6ccccc56)c5cc(-n6c(-c7ccccc7)nc7ccccc76)ccc5c(C5=CC=CC6C=CC=CC56)c4c3)cc2)c2ccccc21. The fourth-order valence-corrected chi connectivity index (χ4v) is 12.2. The van der Waals surface area contributed by atoms with Crippen LogP contribution in [-0.2, 0) is 0 Å². The van der Waals surface area contributed by atoms with Crippen LogP contribution in [0.5, 0.6) is 0 Å². The lowest BCUT2D eigenvalue weighted by atomic mass is 9.74. The summed E-state index contributed by atoms with van der Waals surface area (Å²) in [5.74, 6) is 1.74. The molecule has 0 amide bonds. The molecule has 10 aromatic carbocycles. The topological polar surface area (TPSA) is 21.1 Å². The van der Waals surface area contributed by atoms with Crippen molar-refractivity contribution in [3.05, 3.63) is 278 Å². The number of aromatic nitrogens is 2. The Morgan fingerprint density at radius 2 is 1.15 bits per heavy atom.